The molecule has 0 fully saturated rings. The van der Waals surface area contributed by atoms with E-state index < -0.39 is 0 Å². The minimum atomic E-state index is -0.263. The molecular formula is C19H20N4O2S. The second kappa shape index (κ2) is 8.44. The van der Waals surface area contributed by atoms with Crippen molar-refractivity contribution in [1.29, 1.82) is 0 Å². The summed E-state index contributed by atoms with van der Waals surface area (Å²) in [6.07, 6.45) is 0. The van der Waals surface area contributed by atoms with Gasteiger partial charge in [0.2, 0.25) is 5.88 Å². The number of urea groups is 1. The van der Waals surface area contributed by atoms with Gasteiger partial charge < -0.3 is 15.4 Å². The first-order chi connectivity index (χ1) is 12.6. The highest BCUT2D eigenvalue weighted by molar-refractivity contribution is 7.13. The van der Waals surface area contributed by atoms with Crippen LogP contribution in [-0.2, 0) is 0 Å². The molecule has 0 saturated heterocycles. The number of hydrogen-bond acceptors (Lipinski definition) is 5. The molecule has 2 heterocycles. The van der Waals surface area contributed by atoms with Crippen LogP contribution in [0, 0.1) is 13.8 Å². The second-order valence-electron chi connectivity index (χ2n) is 5.71. The third-order valence-electron chi connectivity index (χ3n) is 3.90. The monoisotopic (exact) mass is 368 g/mol. The summed E-state index contributed by atoms with van der Waals surface area (Å²) in [7, 11) is 0. The van der Waals surface area contributed by atoms with Gasteiger partial charge in [0, 0.05) is 11.8 Å². The Labute approximate surface area is 156 Å². The minimum Gasteiger partial charge on any atom is -0.475 e. The van der Waals surface area contributed by atoms with E-state index in [1.807, 2.05) is 55.6 Å². The fourth-order valence-electron chi connectivity index (χ4n) is 2.33. The van der Waals surface area contributed by atoms with Gasteiger partial charge in [-0.05, 0) is 48.6 Å². The van der Waals surface area contributed by atoms with Crippen LogP contribution < -0.4 is 15.4 Å². The quantitative estimate of drug-likeness (QED) is 0.644. The maximum absolute atomic E-state index is 12.0. The summed E-state index contributed by atoms with van der Waals surface area (Å²) in [5, 5.41) is 15.8. The predicted octanol–water partition coefficient (Wildman–Crippen LogP) is 4.02. The molecule has 2 N–H and O–H groups in total. The molecule has 0 spiro atoms. The van der Waals surface area contributed by atoms with Gasteiger partial charge in [0.15, 0.2) is 0 Å². The molecule has 26 heavy (non-hydrogen) atoms. The number of carbonyl (C=O) groups excluding carboxylic acids is 1. The van der Waals surface area contributed by atoms with E-state index in [0.29, 0.717) is 19.0 Å². The van der Waals surface area contributed by atoms with E-state index in [1.54, 1.807) is 17.4 Å². The summed E-state index contributed by atoms with van der Waals surface area (Å²) < 4.78 is 5.51. The van der Waals surface area contributed by atoms with E-state index in [-0.39, 0.29) is 6.03 Å². The first-order valence-corrected chi connectivity index (χ1v) is 9.13. The summed E-state index contributed by atoms with van der Waals surface area (Å²) in [6, 6.07) is 13.2. The Morgan fingerprint density at radius 2 is 2.00 bits per heavy atom. The standard InChI is InChI=1S/C19H20N4O2S/c1-13-5-3-6-15(14(13)2)21-19(24)20-10-11-25-18-9-8-16(22-23-18)17-7-4-12-26-17/h3-9,12H,10-11H2,1-2H3,(H2,20,21,24). The Balaban J connectivity index is 1.42. The van der Waals surface area contributed by atoms with E-state index >= 15 is 0 Å². The highest BCUT2D eigenvalue weighted by Crippen LogP contribution is 2.22. The van der Waals surface area contributed by atoms with Crippen LogP contribution in [0.3, 0.4) is 0 Å². The Hall–Kier alpha value is -2.93. The van der Waals surface area contributed by atoms with E-state index in [4.69, 9.17) is 4.74 Å². The summed E-state index contributed by atoms with van der Waals surface area (Å²) >= 11 is 1.61. The highest BCUT2D eigenvalue weighted by Gasteiger charge is 2.06. The van der Waals surface area contributed by atoms with Crippen molar-refractivity contribution < 1.29 is 9.53 Å². The van der Waals surface area contributed by atoms with Crippen molar-refractivity contribution in [2.45, 2.75) is 13.8 Å². The Morgan fingerprint density at radius 1 is 1.12 bits per heavy atom. The molecule has 0 bridgehead atoms. The molecule has 134 valence electrons. The molecule has 0 atom stereocenters. The van der Waals surface area contributed by atoms with Crippen LogP contribution in [0.2, 0.25) is 0 Å². The zero-order valence-electron chi connectivity index (χ0n) is 14.7. The van der Waals surface area contributed by atoms with Crippen LogP contribution in [0.25, 0.3) is 10.6 Å². The lowest BCUT2D eigenvalue weighted by Gasteiger charge is -2.11. The third-order valence-corrected chi connectivity index (χ3v) is 4.80. The normalized spacial score (nSPS) is 10.4. The van der Waals surface area contributed by atoms with Gasteiger partial charge in [-0.25, -0.2) is 4.79 Å². The van der Waals surface area contributed by atoms with Crippen molar-refractivity contribution in [3.8, 4) is 16.5 Å². The van der Waals surface area contributed by atoms with Gasteiger partial charge in [0.25, 0.3) is 0 Å². The Morgan fingerprint density at radius 3 is 2.73 bits per heavy atom. The van der Waals surface area contributed by atoms with Gasteiger partial charge in [-0.2, -0.15) is 0 Å². The molecule has 7 heteroatoms. The lowest BCUT2D eigenvalue weighted by atomic mass is 10.1. The molecule has 0 aliphatic rings. The maximum Gasteiger partial charge on any atom is 0.319 e. The van der Waals surface area contributed by atoms with Gasteiger partial charge in [-0.15, -0.1) is 21.5 Å². The fourth-order valence-corrected chi connectivity index (χ4v) is 3.02. The number of benzene rings is 1. The van der Waals surface area contributed by atoms with Crippen molar-refractivity contribution in [1.82, 2.24) is 15.5 Å². The number of anilines is 1. The Kier molecular flexibility index (Phi) is 5.80. The summed E-state index contributed by atoms with van der Waals surface area (Å²) in [5.74, 6) is 0.432. The molecule has 2 aromatic heterocycles. The van der Waals surface area contributed by atoms with Gasteiger partial charge in [-0.1, -0.05) is 18.2 Å². The Bertz CT molecular complexity index is 864. The molecule has 6 nitrogen and oxygen atoms in total. The molecule has 0 aliphatic heterocycles. The van der Waals surface area contributed by atoms with Crippen LogP contribution in [0.15, 0.2) is 47.8 Å². The first-order valence-electron chi connectivity index (χ1n) is 8.25. The summed E-state index contributed by atoms with van der Waals surface area (Å²) in [5.41, 5.74) is 3.81. The van der Waals surface area contributed by atoms with E-state index in [2.05, 4.69) is 20.8 Å². The fraction of sp³-hybridized carbons (Fsp3) is 0.211. The van der Waals surface area contributed by atoms with E-state index in [0.717, 1.165) is 27.4 Å². The lowest BCUT2D eigenvalue weighted by Crippen LogP contribution is -2.32. The van der Waals surface area contributed by atoms with Crippen molar-refractivity contribution in [2.75, 3.05) is 18.5 Å². The van der Waals surface area contributed by atoms with Gasteiger partial charge >= 0.3 is 6.03 Å². The average molecular weight is 368 g/mol. The number of thiophene rings is 1. The van der Waals surface area contributed by atoms with Crippen LogP contribution in [-0.4, -0.2) is 29.4 Å². The van der Waals surface area contributed by atoms with E-state index in [1.165, 1.54) is 0 Å². The van der Waals surface area contributed by atoms with Crippen molar-refractivity contribution in [2.24, 2.45) is 0 Å². The zero-order chi connectivity index (χ0) is 18.4. The lowest BCUT2D eigenvalue weighted by molar-refractivity contribution is 0.246. The third kappa shape index (κ3) is 4.58. The number of hydrogen-bond donors (Lipinski definition) is 2. The molecule has 3 aromatic rings. The minimum absolute atomic E-state index is 0.263. The first kappa shape index (κ1) is 17.9. The van der Waals surface area contributed by atoms with Crippen molar-refractivity contribution >= 4 is 23.1 Å². The molecule has 3 rings (SSSR count). The molecule has 0 radical (unpaired) electrons. The smallest absolute Gasteiger partial charge is 0.319 e. The number of amides is 2. The summed E-state index contributed by atoms with van der Waals surface area (Å²) in [6.45, 7) is 4.67. The molecule has 0 aliphatic carbocycles. The van der Waals surface area contributed by atoms with Crippen molar-refractivity contribution in [3.63, 3.8) is 0 Å². The SMILES string of the molecule is Cc1cccc(NC(=O)NCCOc2ccc(-c3cccs3)nn2)c1C. The largest absolute Gasteiger partial charge is 0.475 e. The number of aromatic nitrogens is 2. The molecule has 0 unspecified atom stereocenters. The average Bonchev–Trinajstić information content (AvgIpc) is 3.18. The van der Waals surface area contributed by atoms with Crippen LogP contribution in [0.5, 0.6) is 5.88 Å². The molecule has 1 aromatic carbocycles. The summed E-state index contributed by atoms with van der Waals surface area (Å²) in [4.78, 5) is 13.0. The van der Waals surface area contributed by atoms with Crippen LogP contribution >= 0.6 is 11.3 Å². The van der Waals surface area contributed by atoms with E-state index in [9.17, 15) is 4.79 Å². The number of aryl methyl sites for hydroxylation is 1. The maximum atomic E-state index is 12.0. The topological polar surface area (TPSA) is 76.1 Å². The number of ether oxygens (including phenoxy) is 1. The van der Waals surface area contributed by atoms with Gasteiger partial charge in [0.05, 0.1) is 11.4 Å². The zero-order valence-corrected chi connectivity index (χ0v) is 15.5. The molecular weight excluding hydrogens is 348 g/mol. The number of carbonyl (C=O) groups is 1. The van der Waals surface area contributed by atoms with Gasteiger partial charge in [0.1, 0.15) is 12.3 Å². The molecule has 2 amide bonds. The van der Waals surface area contributed by atoms with Crippen LogP contribution in [0.4, 0.5) is 10.5 Å². The predicted molar refractivity (Wildman–Crippen MR) is 104 cm³/mol. The number of nitrogens with zero attached hydrogens (tertiary/aromatic N) is 2. The number of nitrogens with one attached hydrogen (secondary N) is 2. The highest BCUT2D eigenvalue weighted by atomic mass is 32.1. The number of rotatable bonds is 6. The van der Waals surface area contributed by atoms with Crippen molar-refractivity contribution in [3.05, 3.63) is 59.0 Å². The van der Waals surface area contributed by atoms with Crippen LogP contribution in [0.1, 0.15) is 11.1 Å². The molecule has 0 saturated carbocycles. The van der Waals surface area contributed by atoms with Gasteiger partial charge in [-0.3, -0.25) is 0 Å². The second-order valence-corrected chi connectivity index (χ2v) is 6.66.